The van der Waals surface area contributed by atoms with Crippen molar-refractivity contribution in [2.24, 2.45) is 5.92 Å². The second-order valence-electron chi connectivity index (χ2n) is 3.47. The monoisotopic (exact) mass is 294 g/mol. The average molecular weight is 295 g/mol. The van der Waals surface area contributed by atoms with Gasteiger partial charge in [0, 0.05) is 0 Å². The highest BCUT2D eigenvalue weighted by Gasteiger charge is 2.52. The Labute approximate surface area is 91.1 Å². The third-order valence-corrected chi connectivity index (χ3v) is 3.04. The first-order valence-electron chi connectivity index (χ1n) is 4.11. The normalized spacial score (nSPS) is 33.1. The van der Waals surface area contributed by atoms with E-state index >= 15 is 0 Å². The van der Waals surface area contributed by atoms with Gasteiger partial charge in [-0.15, -0.1) is 0 Å². The van der Waals surface area contributed by atoms with Crippen LogP contribution < -0.4 is 0 Å². The molecule has 0 radical (unpaired) electrons. The molecule has 1 aliphatic rings. The first-order chi connectivity index (χ1) is 6.56. The Kier molecular flexibility index (Phi) is 3.17. The van der Waals surface area contributed by atoms with Gasteiger partial charge in [0.25, 0.3) is 0 Å². The van der Waals surface area contributed by atoms with Gasteiger partial charge < -0.3 is 5.11 Å². The van der Waals surface area contributed by atoms with Crippen LogP contribution in [0.5, 0.6) is 0 Å². The standard InChI is InChI=1S/C8H8BrF5O/c9-8(13,14)6(15)3-1-5(2-4-6)7(10,11)12/h1,3,5,15H,2,4H2. The number of aliphatic hydroxyl groups is 1. The van der Waals surface area contributed by atoms with E-state index in [2.05, 4.69) is 0 Å². The van der Waals surface area contributed by atoms with Crippen LogP contribution in [0, 0.1) is 5.92 Å². The molecule has 0 amide bonds. The zero-order chi connectivity index (χ0) is 11.9. The van der Waals surface area contributed by atoms with Crippen molar-refractivity contribution in [3.63, 3.8) is 0 Å². The van der Waals surface area contributed by atoms with E-state index in [0.29, 0.717) is 12.2 Å². The predicted molar refractivity (Wildman–Crippen MR) is 46.7 cm³/mol. The smallest absolute Gasteiger partial charge is 0.378 e. The highest BCUT2D eigenvalue weighted by molar-refractivity contribution is 9.10. The summed E-state index contributed by atoms with van der Waals surface area (Å²) in [6, 6.07) is 0. The summed E-state index contributed by atoms with van der Waals surface area (Å²) < 4.78 is 62.0. The number of rotatable bonds is 1. The van der Waals surface area contributed by atoms with E-state index < -0.39 is 35.4 Å². The minimum Gasteiger partial charge on any atom is -0.378 e. The minimum atomic E-state index is -4.45. The van der Waals surface area contributed by atoms with E-state index in [9.17, 15) is 27.1 Å². The van der Waals surface area contributed by atoms with Crippen molar-refractivity contribution in [1.82, 2.24) is 0 Å². The van der Waals surface area contributed by atoms with E-state index in [4.69, 9.17) is 0 Å². The summed E-state index contributed by atoms with van der Waals surface area (Å²) >= 11 is 1.95. The summed E-state index contributed by atoms with van der Waals surface area (Å²) in [5.41, 5.74) is -2.53. The molecule has 2 unspecified atom stereocenters. The van der Waals surface area contributed by atoms with E-state index in [1.165, 1.54) is 0 Å². The van der Waals surface area contributed by atoms with Gasteiger partial charge >= 0.3 is 11.0 Å². The summed E-state index contributed by atoms with van der Waals surface area (Å²) in [4.78, 5) is -3.62. The zero-order valence-corrected chi connectivity index (χ0v) is 8.95. The molecular weight excluding hydrogens is 287 g/mol. The Bertz CT molecular complexity index is 269. The third-order valence-electron chi connectivity index (χ3n) is 2.35. The molecule has 1 rings (SSSR count). The van der Waals surface area contributed by atoms with Gasteiger partial charge in [0.05, 0.1) is 5.92 Å². The van der Waals surface area contributed by atoms with Crippen LogP contribution in [-0.2, 0) is 0 Å². The van der Waals surface area contributed by atoms with Crippen molar-refractivity contribution in [2.75, 3.05) is 0 Å². The fourth-order valence-electron chi connectivity index (χ4n) is 1.34. The number of allylic oxidation sites excluding steroid dienone is 1. The van der Waals surface area contributed by atoms with E-state index in [0.717, 1.165) is 0 Å². The van der Waals surface area contributed by atoms with Gasteiger partial charge in [0.15, 0.2) is 5.60 Å². The lowest BCUT2D eigenvalue weighted by molar-refractivity contribution is -0.173. The number of alkyl halides is 6. The topological polar surface area (TPSA) is 20.2 Å². The molecule has 1 N–H and O–H groups in total. The maximum Gasteiger partial charge on any atom is 0.395 e. The molecule has 1 nitrogen and oxygen atoms in total. The molecule has 88 valence electrons. The quantitative estimate of drug-likeness (QED) is 0.447. The van der Waals surface area contributed by atoms with E-state index in [1.54, 1.807) is 0 Å². The molecule has 7 heteroatoms. The molecule has 0 bridgehead atoms. The van der Waals surface area contributed by atoms with Gasteiger partial charge in [0.1, 0.15) is 0 Å². The second-order valence-corrected chi connectivity index (χ2v) is 4.46. The Morgan fingerprint density at radius 1 is 1.27 bits per heavy atom. The molecule has 0 aliphatic heterocycles. The minimum absolute atomic E-state index is 0.517. The lowest BCUT2D eigenvalue weighted by Gasteiger charge is -2.34. The van der Waals surface area contributed by atoms with Gasteiger partial charge in [-0.25, -0.2) is 0 Å². The molecule has 2 atom stereocenters. The summed E-state index contributed by atoms with van der Waals surface area (Å²) in [6.07, 6.45) is -4.52. The fraction of sp³-hybridized carbons (Fsp3) is 0.750. The van der Waals surface area contributed by atoms with Crippen LogP contribution in [0.25, 0.3) is 0 Å². The highest BCUT2D eigenvalue weighted by atomic mass is 79.9. The Morgan fingerprint density at radius 3 is 2.07 bits per heavy atom. The number of hydrogen-bond donors (Lipinski definition) is 1. The number of hydrogen-bond acceptors (Lipinski definition) is 1. The maximum atomic E-state index is 12.8. The van der Waals surface area contributed by atoms with Crippen LogP contribution in [0.4, 0.5) is 22.0 Å². The molecule has 0 saturated heterocycles. The van der Waals surface area contributed by atoms with Crippen molar-refractivity contribution in [3.8, 4) is 0 Å². The molecule has 0 heterocycles. The van der Waals surface area contributed by atoms with Gasteiger partial charge in [-0.05, 0) is 34.8 Å². The van der Waals surface area contributed by atoms with Crippen molar-refractivity contribution >= 4 is 15.9 Å². The van der Waals surface area contributed by atoms with Crippen LogP contribution in [0.3, 0.4) is 0 Å². The van der Waals surface area contributed by atoms with Crippen molar-refractivity contribution < 1.29 is 27.1 Å². The molecule has 0 aromatic rings. The lowest BCUT2D eigenvalue weighted by Crippen LogP contribution is -2.45. The van der Waals surface area contributed by atoms with Crippen LogP contribution in [0.2, 0.25) is 0 Å². The van der Waals surface area contributed by atoms with Crippen LogP contribution >= 0.6 is 15.9 Å². The second kappa shape index (κ2) is 3.69. The summed E-state index contributed by atoms with van der Waals surface area (Å²) in [6.45, 7) is 0. The van der Waals surface area contributed by atoms with Gasteiger partial charge in [-0.3, -0.25) is 0 Å². The van der Waals surface area contributed by atoms with Gasteiger partial charge in [-0.2, -0.15) is 22.0 Å². The first-order valence-corrected chi connectivity index (χ1v) is 4.91. The van der Waals surface area contributed by atoms with Crippen molar-refractivity contribution in [3.05, 3.63) is 12.2 Å². The first kappa shape index (κ1) is 12.9. The van der Waals surface area contributed by atoms with Gasteiger partial charge in [-0.1, -0.05) is 6.08 Å². The molecule has 0 spiro atoms. The molecule has 1 aliphatic carbocycles. The molecule has 0 saturated carbocycles. The SMILES string of the molecule is OC1(C(F)(F)Br)C=CC(C(F)(F)F)CC1. The number of halogens is 6. The molecule has 0 fully saturated rings. The Morgan fingerprint density at radius 2 is 1.80 bits per heavy atom. The van der Waals surface area contributed by atoms with Crippen molar-refractivity contribution in [1.29, 1.82) is 0 Å². The van der Waals surface area contributed by atoms with Crippen molar-refractivity contribution in [2.45, 2.75) is 29.5 Å². The zero-order valence-electron chi connectivity index (χ0n) is 7.36. The van der Waals surface area contributed by atoms with Crippen LogP contribution in [0.15, 0.2) is 12.2 Å². The average Bonchev–Trinajstić information content (AvgIpc) is 2.01. The van der Waals surface area contributed by atoms with E-state index in [1.807, 2.05) is 15.9 Å². The van der Waals surface area contributed by atoms with Crippen LogP contribution in [0.1, 0.15) is 12.8 Å². The highest BCUT2D eigenvalue weighted by Crippen LogP contribution is 2.45. The molecule has 15 heavy (non-hydrogen) atoms. The molecule has 0 aromatic carbocycles. The van der Waals surface area contributed by atoms with E-state index in [-0.39, 0.29) is 0 Å². The Hall–Kier alpha value is -0.170. The largest absolute Gasteiger partial charge is 0.395 e. The Balaban J connectivity index is 2.83. The summed E-state index contributed by atoms with van der Waals surface area (Å²) in [7, 11) is 0. The predicted octanol–water partition coefficient (Wildman–Crippen LogP) is 3.23. The lowest BCUT2D eigenvalue weighted by atomic mass is 9.85. The summed E-state index contributed by atoms with van der Waals surface area (Å²) in [5.74, 6) is -1.76. The molecular formula is C8H8BrF5O. The summed E-state index contributed by atoms with van der Waals surface area (Å²) in [5, 5.41) is 9.34. The molecule has 0 aromatic heterocycles. The fourth-order valence-corrected chi connectivity index (χ4v) is 1.67. The van der Waals surface area contributed by atoms with Crippen LogP contribution in [-0.4, -0.2) is 21.7 Å². The maximum absolute atomic E-state index is 12.8. The van der Waals surface area contributed by atoms with Gasteiger partial charge in [0.2, 0.25) is 0 Å². The third kappa shape index (κ3) is 2.69.